The normalized spacial score (nSPS) is 10.8. The van der Waals surface area contributed by atoms with Crippen LogP contribution < -0.4 is 15.8 Å². The average molecular weight is 389 g/mol. The van der Waals surface area contributed by atoms with Gasteiger partial charge in [-0.15, -0.1) is 12.4 Å². The molecule has 0 bridgehead atoms. The molecule has 0 aromatic heterocycles. The summed E-state index contributed by atoms with van der Waals surface area (Å²) in [5.74, 6) is -0.0366. The number of alkyl halides is 3. The molecular weight excluding hydrogens is 369 g/mol. The summed E-state index contributed by atoms with van der Waals surface area (Å²) in [5, 5.41) is 2.41. The van der Waals surface area contributed by atoms with Crippen LogP contribution in [0, 0.1) is 13.8 Å². The number of ether oxygens (including phenoxy) is 1. The Hall–Kier alpha value is -2.25. The maximum atomic E-state index is 12.9. The first-order valence-electron chi connectivity index (χ1n) is 7.60. The van der Waals surface area contributed by atoms with Gasteiger partial charge in [0.05, 0.1) is 5.56 Å². The summed E-state index contributed by atoms with van der Waals surface area (Å²) >= 11 is 0. The van der Waals surface area contributed by atoms with Crippen LogP contribution in [0.5, 0.6) is 5.75 Å². The van der Waals surface area contributed by atoms with Gasteiger partial charge in [-0.05, 0) is 60.9 Å². The molecule has 142 valence electrons. The fourth-order valence-electron chi connectivity index (χ4n) is 2.20. The zero-order chi connectivity index (χ0) is 18.6. The third-order valence-corrected chi connectivity index (χ3v) is 3.69. The van der Waals surface area contributed by atoms with Gasteiger partial charge in [-0.3, -0.25) is 4.79 Å². The second-order valence-electron chi connectivity index (χ2n) is 5.70. The Morgan fingerprint density at radius 1 is 1.12 bits per heavy atom. The number of aryl methyl sites for hydroxylation is 2. The standard InChI is InChI=1S/C18H19F3N2O2.ClH/c1-11-3-4-16(5-12(11)2)25-10-17(24)23-15-7-13(9-22)6-14(8-15)18(19,20)21;/h3-8H,9-10,22H2,1-2H3,(H,23,24);1H. The van der Waals surface area contributed by atoms with Crippen molar-refractivity contribution in [3.63, 3.8) is 0 Å². The van der Waals surface area contributed by atoms with Gasteiger partial charge < -0.3 is 15.8 Å². The molecule has 0 aliphatic heterocycles. The van der Waals surface area contributed by atoms with Crippen LogP contribution >= 0.6 is 12.4 Å². The Bertz CT molecular complexity index is 780. The maximum Gasteiger partial charge on any atom is 0.416 e. The Kier molecular flexibility index (Phi) is 7.47. The molecule has 0 saturated heterocycles. The van der Waals surface area contributed by atoms with Gasteiger partial charge in [-0.25, -0.2) is 0 Å². The number of rotatable bonds is 5. The van der Waals surface area contributed by atoms with Gasteiger partial charge in [-0.2, -0.15) is 13.2 Å². The van der Waals surface area contributed by atoms with Crippen LogP contribution in [-0.2, 0) is 17.5 Å². The number of nitrogens with one attached hydrogen (secondary N) is 1. The molecule has 8 heteroatoms. The number of hydrogen-bond acceptors (Lipinski definition) is 3. The van der Waals surface area contributed by atoms with E-state index >= 15 is 0 Å². The largest absolute Gasteiger partial charge is 0.484 e. The topological polar surface area (TPSA) is 64.3 Å². The van der Waals surface area contributed by atoms with Crippen molar-refractivity contribution in [1.82, 2.24) is 0 Å². The molecule has 1 amide bonds. The lowest BCUT2D eigenvalue weighted by molar-refractivity contribution is -0.137. The van der Waals surface area contributed by atoms with Crippen molar-refractivity contribution in [3.05, 3.63) is 58.7 Å². The molecule has 3 N–H and O–H groups in total. The Labute approximate surface area is 155 Å². The number of benzene rings is 2. The van der Waals surface area contributed by atoms with E-state index < -0.39 is 17.6 Å². The number of halogens is 4. The van der Waals surface area contributed by atoms with Crippen molar-refractivity contribution in [1.29, 1.82) is 0 Å². The van der Waals surface area contributed by atoms with Gasteiger partial charge in [0.2, 0.25) is 0 Å². The number of carbonyl (C=O) groups excluding carboxylic acids is 1. The van der Waals surface area contributed by atoms with Crippen molar-refractivity contribution in [2.75, 3.05) is 11.9 Å². The van der Waals surface area contributed by atoms with E-state index in [0.29, 0.717) is 5.75 Å². The zero-order valence-corrected chi connectivity index (χ0v) is 15.1. The van der Waals surface area contributed by atoms with Gasteiger partial charge in [-0.1, -0.05) is 6.07 Å². The highest BCUT2D eigenvalue weighted by molar-refractivity contribution is 5.92. The minimum absolute atomic E-state index is 0. The molecule has 26 heavy (non-hydrogen) atoms. The predicted molar refractivity (Wildman–Crippen MR) is 96.6 cm³/mol. The van der Waals surface area contributed by atoms with Gasteiger partial charge in [0, 0.05) is 12.2 Å². The van der Waals surface area contributed by atoms with Crippen LogP contribution in [0.25, 0.3) is 0 Å². The third kappa shape index (κ3) is 5.93. The van der Waals surface area contributed by atoms with Gasteiger partial charge in [0.25, 0.3) is 5.91 Å². The maximum absolute atomic E-state index is 12.9. The molecule has 0 aliphatic carbocycles. The fraction of sp³-hybridized carbons (Fsp3) is 0.278. The highest BCUT2D eigenvalue weighted by Gasteiger charge is 2.31. The highest BCUT2D eigenvalue weighted by Crippen LogP contribution is 2.32. The lowest BCUT2D eigenvalue weighted by atomic mass is 10.1. The van der Waals surface area contributed by atoms with Gasteiger partial charge in [0.1, 0.15) is 5.75 Å². The molecule has 0 radical (unpaired) electrons. The minimum atomic E-state index is -4.51. The molecule has 0 aliphatic rings. The van der Waals surface area contributed by atoms with E-state index in [4.69, 9.17) is 10.5 Å². The highest BCUT2D eigenvalue weighted by atomic mass is 35.5. The van der Waals surface area contributed by atoms with E-state index in [2.05, 4.69) is 5.32 Å². The summed E-state index contributed by atoms with van der Waals surface area (Å²) in [6.07, 6.45) is -4.51. The molecule has 2 aromatic carbocycles. The van der Waals surface area contributed by atoms with E-state index in [1.54, 1.807) is 12.1 Å². The second-order valence-corrected chi connectivity index (χ2v) is 5.70. The summed E-state index contributed by atoms with van der Waals surface area (Å²) < 4.78 is 44.0. The third-order valence-electron chi connectivity index (χ3n) is 3.69. The van der Waals surface area contributed by atoms with Crippen LogP contribution in [0.1, 0.15) is 22.3 Å². The quantitative estimate of drug-likeness (QED) is 0.806. The second kappa shape index (κ2) is 8.91. The smallest absolute Gasteiger partial charge is 0.416 e. The Morgan fingerprint density at radius 3 is 2.38 bits per heavy atom. The first kappa shape index (κ1) is 21.8. The molecule has 4 nitrogen and oxygen atoms in total. The molecule has 0 unspecified atom stereocenters. The lowest BCUT2D eigenvalue weighted by Crippen LogP contribution is -2.21. The van der Waals surface area contributed by atoms with Crippen LogP contribution in [0.3, 0.4) is 0 Å². The van der Waals surface area contributed by atoms with Crippen LogP contribution in [0.2, 0.25) is 0 Å². The number of anilines is 1. The number of nitrogens with two attached hydrogens (primary N) is 1. The molecular formula is C18H20ClF3N2O2. The SMILES string of the molecule is Cc1ccc(OCC(=O)Nc2cc(CN)cc(C(F)(F)F)c2)cc1C.Cl. The monoisotopic (exact) mass is 388 g/mol. The molecule has 0 saturated carbocycles. The van der Waals surface area contributed by atoms with E-state index in [1.807, 2.05) is 19.9 Å². The zero-order valence-electron chi connectivity index (χ0n) is 14.3. The molecule has 2 rings (SSSR count). The lowest BCUT2D eigenvalue weighted by Gasteiger charge is -2.13. The fourth-order valence-corrected chi connectivity index (χ4v) is 2.20. The van der Waals surface area contributed by atoms with E-state index in [0.717, 1.165) is 23.3 Å². The van der Waals surface area contributed by atoms with Crippen LogP contribution in [0.4, 0.5) is 18.9 Å². The predicted octanol–water partition coefficient (Wildman–Crippen LogP) is 4.22. The summed E-state index contributed by atoms with van der Waals surface area (Å²) in [4.78, 5) is 11.9. The molecule has 2 aromatic rings. The van der Waals surface area contributed by atoms with Crippen molar-refractivity contribution in [3.8, 4) is 5.75 Å². The average Bonchev–Trinajstić information content (AvgIpc) is 2.54. The van der Waals surface area contributed by atoms with E-state index in [1.165, 1.54) is 6.07 Å². The number of carbonyl (C=O) groups is 1. The number of hydrogen-bond donors (Lipinski definition) is 2. The summed E-state index contributed by atoms with van der Waals surface area (Å²) in [5.41, 5.74) is 6.98. The number of amides is 1. The Morgan fingerprint density at radius 2 is 1.81 bits per heavy atom. The van der Waals surface area contributed by atoms with Crippen molar-refractivity contribution >= 4 is 24.0 Å². The summed E-state index contributed by atoms with van der Waals surface area (Å²) in [7, 11) is 0. The van der Waals surface area contributed by atoms with Crippen molar-refractivity contribution in [2.45, 2.75) is 26.6 Å². The first-order chi connectivity index (χ1) is 11.7. The van der Waals surface area contributed by atoms with E-state index in [-0.39, 0.29) is 36.8 Å². The van der Waals surface area contributed by atoms with Gasteiger partial charge in [0.15, 0.2) is 6.61 Å². The minimum Gasteiger partial charge on any atom is -0.484 e. The molecule has 0 fully saturated rings. The van der Waals surface area contributed by atoms with Crippen molar-refractivity contribution in [2.24, 2.45) is 5.73 Å². The van der Waals surface area contributed by atoms with Crippen LogP contribution in [-0.4, -0.2) is 12.5 Å². The Balaban J connectivity index is 0.00000338. The van der Waals surface area contributed by atoms with Crippen LogP contribution in [0.15, 0.2) is 36.4 Å². The van der Waals surface area contributed by atoms with Crippen molar-refractivity contribution < 1.29 is 22.7 Å². The summed E-state index contributed by atoms with van der Waals surface area (Å²) in [6, 6.07) is 8.62. The molecule has 0 heterocycles. The molecule has 0 atom stereocenters. The van der Waals surface area contributed by atoms with Gasteiger partial charge >= 0.3 is 6.18 Å². The first-order valence-corrected chi connectivity index (χ1v) is 7.60. The van der Waals surface area contributed by atoms with E-state index in [9.17, 15) is 18.0 Å². The summed E-state index contributed by atoms with van der Waals surface area (Å²) in [6.45, 7) is 3.50. The molecule has 0 spiro atoms.